The van der Waals surface area contributed by atoms with Crippen LogP contribution in [0.2, 0.25) is 0 Å². The first-order chi connectivity index (χ1) is 10.6. The molecule has 0 saturated heterocycles. The zero-order chi connectivity index (χ0) is 17.3. The molecule has 0 unspecified atom stereocenters. The van der Waals surface area contributed by atoms with Crippen molar-refractivity contribution in [3.8, 4) is 16.9 Å². The number of aliphatic hydroxyl groups excluding tert-OH is 1. The van der Waals surface area contributed by atoms with Crippen LogP contribution in [0.5, 0.6) is 5.75 Å². The number of benzene rings is 1. The van der Waals surface area contributed by atoms with Crippen molar-refractivity contribution in [3.63, 3.8) is 0 Å². The molecular formula is C14H9F6NO2. The average molecular weight is 337 g/mol. The van der Waals surface area contributed by atoms with E-state index in [4.69, 9.17) is 0 Å². The number of halogens is 6. The quantitative estimate of drug-likeness (QED) is 0.856. The number of aromatic nitrogens is 1. The van der Waals surface area contributed by atoms with Crippen LogP contribution in [0.25, 0.3) is 11.1 Å². The van der Waals surface area contributed by atoms with Gasteiger partial charge in [-0.3, -0.25) is 0 Å². The van der Waals surface area contributed by atoms with Crippen molar-refractivity contribution in [1.82, 2.24) is 4.98 Å². The molecule has 0 atom stereocenters. The summed E-state index contributed by atoms with van der Waals surface area (Å²) in [5.41, 5.74) is -0.921. The fourth-order valence-electron chi connectivity index (χ4n) is 1.88. The van der Waals surface area contributed by atoms with Gasteiger partial charge in [-0.1, -0.05) is 18.2 Å². The fraction of sp³-hybridized carbons (Fsp3) is 0.214. The molecule has 9 heteroatoms. The molecule has 0 spiro atoms. The first-order valence-electron chi connectivity index (χ1n) is 6.14. The Bertz CT molecular complexity index is 679. The van der Waals surface area contributed by atoms with Crippen LogP contribution in [0.4, 0.5) is 26.3 Å². The Kier molecular flexibility index (Phi) is 4.51. The van der Waals surface area contributed by atoms with E-state index in [0.29, 0.717) is 5.56 Å². The molecule has 0 saturated carbocycles. The van der Waals surface area contributed by atoms with Crippen molar-refractivity contribution in [1.29, 1.82) is 0 Å². The number of nitrogens with zero attached hydrogens (tertiary/aromatic N) is 1. The van der Waals surface area contributed by atoms with E-state index in [-0.39, 0.29) is 11.3 Å². The van der Waals surface area contributed by atoms with Gasteiger partial charge in [-0.25, -0.2) is 4.98 Å². The van der Waals surface area contributed by atoms with Gasteiger partial charge in [0.1, 0.15) is 11.4 Å². The molecule has 1 heterocycles. The van der Waals surface area contributed by atoms with Crippen LogP contribution in [0.15, 0.2) is 36.4 Å². The minimum Gasteiger partial charge on any atom is -0.406 e. The standard InChI is InChI=1S/C14H9F6NO2/c15-13(16,17)12-6-5-10(11(7-22)21-12)8-1-3-9(4-2-8)23-14(18,19)20/h1-6,22H,7H2. The Morgan fingerprint density at radius 3 is 2.00 bits per heavy atom. The van der Waals surface area contributed by atoms with E-state index in [2.05, 4.69) is 9.72 Å². The molecule has 124 valence electrons. The predicted molar refractivity (Wildman–Crippen MR) is 67.3 cm³/mol. The van der Waals surface area contributed by atoms with Crippen molar-refractivity contribution < 1.29 is 36.2 Å². The lowest BCUT2D eigenvalue weighted by molar-refractivity contribution is -0.274. The maximum absolute atomic E-state index is 12.6. The van der Waals surface area contributed by atoms with Crippen molar-refractivity contribution >= 4 is 0 Å². The van der Waals surface area contributed by atoms with E-state index < -0.39 is 30.6 Å². The van der Waals surface area contributed by atoms with Crippen LogP contribution in [0.1, 0.15) is 11.4 Å². The molecule has 3 nitrogen and oxygen atoms in total. The highest BCUT2D eigenvalue weighted by molar-refractivity contribution is 5.66. The van der Waals surface area contributed by atoms with Gasteiger partial charge in [0, 0.05) is 5.56 Å². The number of aliphatic hydroxyl groups is 1. The van der Waals surface area contributed by atoms with E-state index in [9.17, 15) is 31.4 Å². The molecule has 0 amide bonds. The molecule has 0 aliphatic heterocycles. The van der Waals surface area contributed by atoms with Gasteiger partial charge in [-0.05, 0) is 23.8 Å². The summed E-state index contributed by atoms with van der Waals surface area (Å²) in [4.78, 5) is 3.33. The van der Waals surface area contributed by atoms with Crippen LogP contribution < -0.4 is 4.74 Å². The lowest BCUT2D eigenvalue weighted by atomic mass is 10.0. The Morgan fingerprint density at radius 2 is 1.52 bits per heavy atom. The number of ether oxygens (including phenoxy) is 1. The van der Waals surface area contributed by atoms with Crippen LogP contribution in [0, 0.1) is 0 Å². The van der Waals surface area contributed by atoms with Crippen molar-refractivity contribution in [3.05, 3.63) is 47.8 Å². The molecule has 0 bridgehead atoms. The number of pyridine rings is 1. The highest BCUT2D eigenvalue weighted by Gasteiger charge is 2.33. The van der Waals surface area contributed by atoms with Gasteiger partial charge in [0.05, 0.1) is 12.3 Å². The van der Waals surface area contributed by atoms with Gasteiger partial charge in [-0.2, -0.15) is 13.2 Å². The van der Waals surface area contributed by atoms with Crippen LogP contribution in [0.3, 0.4) is 0 Å². The third kappa shape index (κ3) is 4.35. The van der Waals surface area contributed by atoms with Crippen LogP contribution >= 0.6 is 0 Å². The van der Waals surface area contributed by atoms with E-state index in [1.807, 2.05) is 0 Å². The van der Waals surface area contributed by atoms with E-state index in [1.165, 1.54) is 12.1 Å². The predicted octanol–water partition coefficient (Wildman–Crippen LogP) is 4.16. The number of alkyl halides is 6. The van der Waals surface area contributed by atoms with E-state index in [0.717, 1.165) is 24.3 Å². The van der Waals surface area contributed by atoms with Crippen molar-refractivity contribution in [2.45, 2.75) is 19.1 Å². The molecule has 1 N–H and O–H groups in total. The summed E-state index contributed by atoms with van der Waals surface area (Å²) in [6, 6.07) is 6.31. The highest BCUT2D eigenvalue weighted by atomic mass is 19.4. The molecule has 0 radical (unpaired) electrons. The summed E-state index contributed by atoms with van der Waals surface area (Å²) in [7, 11) is 0. The van der Waals surface area contributed by atoms with Crippen molar-refractivity contribution in [2.75, 3.05) is 0 Å². The van der Waals surface area contributed by atoms with Gasteiger partial charge in [0.2, 0.25) is 0 Å². The van der Waals surface area contributed by atoms with Gasteiger partial charge < -0.3 is 9.84 Å². The van der Waals surface area contributed by atoms with Gasteiger partial charge in [0.25, 0.3) is 0 Å². The summed E-state index contributed by atoms with van der Waals surface area (Å²) in [5.74, 6) is -0.466. The molecule has 2 aromatic rings. The average Bonchev–Trinajstić information content (AvgIpc) is 2.45. The fourth-order valence-corrected chi connectivity index (χ4v) is 1.88. The molecule has 1 aromatic heterocycles. The minimum atomic E-state index is -4.84. The normalized spacial score (nSPS) is 12.3. The SMILES string of the molecule is OCc1nc(C(F)(F)F)ccc1-c1ccc(OC(F)(F)F)cc1. The molecule has 0 fully saturated rings. The minimum absolute atomic E-state index is 0.180. The molecule has 0 aliphatic rings. The molecule has 2 rings (SSSR count). The molecule has 0 aliphatic carbocycles. The Morgan fingerprint density at radius 1 is 0.913 bits per heavy atom. The highest BCUT2D eigenvalue weighted by Crippen LogP contribution is 2.32. The summed E-state index contributed by atoms with van der Waals surface area (Å²) >= 11 is 0. The Balaban J connectivity index is 2.35. The maximum Gasteiger partial charge on any atom is 0.573 e. The maximum atomic E-state index is 12.6. The summed E-state index contributed by atoms with van der Waals surface area (Å²) in [6.45, 7) is -0.750. The topological polar surface area (TPSA) is 42.4 Å². The van der Waals surface area contributed by atoms with Gasteiger partial charge in [0.15, 0.2) is 0 Å². The third-order valence-corrected chi connectivity index (χ3v) is 2.81. The molecule has 23 heavy (non-hydrogen) atoms. The molecule has 1 aromatic carbocycles. The lowest BCUT2D eigenvalue weighted by Gasteiger charge is -2.12. The first kappa shape index (κ1) is 17.1. The number of hydrogen-bond acceptors (Lipinski definition) is 3. The smallest absolute Gasteiger partial charge is 0.406 e. The number of rotatable bonds is 3. The summed E-state index contributed by atoms with van der Waals surface area (Å²) in [6.07, 6.45) is -9.50. The number of hydrogen-bond donors (Lipinski definition) is 1. The van der Waals surface area contributed by atoms with Crippen LogP contribution in [-0.4, -0.2) is 16.5 Å². The van der Waals surface area contributed by atoms with E-state index >= 15 is 0 Å². The largest absolute Gasteiger partial charge is 0.573 e. The van der Waals surface area contributed by atoms with Crippen molar-refractivity contribution in [2.24, 2.45) is 0 Å². The zero-order valence-corrected chi connectivity index (χ0v) is 11.2. The van der Waals surface area contributed by atoms with Gasteiger partial charge >= 0.3 is 12.5 Å². The summed E-state index contributed by atoms with van der Waals surface area (Å²) in [5, 5.41) is 9.17. The van der Waals surface area contributed by atoms with E-state index in [1.54, 1.807) is 0 Å². The monoisotopic (exact) mass is 337 g/mol. The lowest BCUT2D eigenvalue weighted by Crippen LogP contribution is -2.16. The first-order valence-corrected chi connectivity index (χ1v) is 6.14. The zero-order valence-electron chi connectivity index (χ0n) is 11.2. The second-order valence-electron chi connectivity index (χ2n) is 4.42. The summed E-state index contributed by atoms with van der Waals surface area (Å²) < 4.78 is 77.6. The Labute approximate surface area is 126 Å². The Hall–Kier alpha value is -2.29. The second kappa shape index (κ2) is 6.07. The molecular weight excluding hydrogens is 328 g/mol. The second-order valence-corrected chi connectivity index (χ2v) is 4.42. The third-order valence-electron chi connectivity index (χ3n) is 2.81. The van der Waals surface area contributed by atoms with Gasteiger partial charge in [-0.15, -0.1) is 13.2 Å². The van der Waals surface area contributed by atoms with Crippen LogP contribution in [-0.2, 0) is 12.8 Å².